The van der Waals surface area contributed by atoms with E-state index in [0.717, 1.165) is 5.56 Å². The second-order valence-electron chi connectivity index (χ2n) is 5.81. The molecule has 0 bridgehead atoms. The van der Waals surface area contributed by atoms with Crippen molar-refractivity contribution in [2.45, 2.75) is 59.2 Å². The molecule has 3 heteroatoms. The van der Waals surface area contributed by atoms with Gasteiger partial charge >= 0.3 is 5.97 Å². The Morgan fingerprint density at radius 3 is 2.20 bits per heavy atom. The van der Waals surface area contributed by atoms with Crippen LogP contribution in [0, 0.1) is 20.8 Å². The molecule has 1 aliphatic rings. The SMILES string of the molecule is CCOC(=O)C1(CC)OC1(C)c1c(C)cc(C)cc1C. The van der Waals surface area contributed by atoms with E-state index in [1.54, 1.807) is 0 Å². The lowest BCUT2D eigenvalue weighted by Crippen LogP contribution is -2.33. The molecule has 0 amide bonds. The molecule has 1 aliphatic heterocycles. The summed E-state index contributed by atoms with van der Waals surface area (Å²) in [6.07, 6.45) is 0.620. The highest BCUT2D eigenvalue weighted by atomic mass is 16.7. The molecule has 0 radical (unpaired) electrons. The summed E-state index contributed by atoms with van der Waals surface area (Å²) in [4.78, 5) is 12.3. The Labute approximate surface area is 121 Å². The summed E-state index contributed by atoms with van der Waals surface area (Å²) in [5.41, 5.74) is 3.29. The van der Waals surface area contributed by atoms with Gasteiger partial charge in [-0.25, -0.2) is 4.79 Å². The molecule has 2 atom stereocenters. The zero-order valence-corrected chi connectivity index (χ0v) is 13.3. The number of benzene rings is 1. The lowest BCUT2D eigenvalue weighted by Gasteiger charge is -2.19. The van der Waals surface area contributed by atoms with Crippen LogP contribution < -0.4 is 0 Å². The van der Waals surface area contributed by atoms with Gasteiger partial charge in [0, 0.05) is 0 Å². The fourth-order valence-corrected chi connectivity index (χ4v) is 3.55. The molecule has 1 saturated heterocycles. The van der Waals surface area contributed by atoms with E-state index in [1.165, 1.54) is 16.7 Å². The minimum Gasteiger partial charge on any atom is -0.464 e. The van der Waals surface area contributed by atoms with Gasteiger partial charge in [0.2, 0.25) is 0 Å². The average molecular weight is 276 g/mol. The van der Waals surface area contributed by atoms with Crippen molar-refractivity contribution in [3.05, 3.63) is 34.4 Å². The van der Waals surface area contributed by atoms with Gasteiger partial charge in [-0.05, 0) is 57.7 Å². The molecule has 1 heterocycles. The molecule has 110 valence electrons. The summed E-state index contributed by atoms with van der Waals surface area (Å²) >= 11 is 0. The van der Waals surface area contributed by atoms with Crippen molar-refractivity contribution >= 4 is 5.97 Å². The largest absolute Gasteiger partial charge is 0.464 e. The summed E-state index contributed by atoms with van der Waals surface area (Å²) in [7, 11) is 0. The van der Waals surface area contributed by atoms with Crippen LogP contribution in [-0.2, 0) is 19.9 Å². The third kappa shape index (κ3) is 1.96. The monoisotopic (exact) mass is 276 g/mol. The summed E-state index contributed by atoms with van der Waals surface area (Å²) in [5, 5.41) is 0. The van der Waals surface area contributed by atoms with Crippen molar-refractivity contribution < 1.29 is 14.3 Å². The van der Waals surface area contributed by atoms with E-state index in [1.807, 2.05) is 20.8 Å². The van der Waals surface area contributed by atoms with E-state index < -0.39 is 11.2 Å². The van der Waals surface area contributed by atoms with E-state index in [4.69, 9.17) is 9.47 Å². The maximum atomic E-state index is 12.3. The van der Waals surface area contributed by atoms with Gasteiger partial charge in [0.1, 0.15) is 5.60 Å². The Bertz CT molecular complexity index is 526. The van der Waals surface area contributed by atoms with Gasteiger partial charge < -0.3 is 9.47 Å². The highest BCUT2D eigenvalue weighted by Crippen LogP contribution is 2.59. The Hall–Kier alpha value is -1.35. The molecule has 1 fully saturated rings. The number of carbonyl (C=O) groups is 1. The third-order valence-corrected chi connectivity index (χ3v) is 4.36. The average Bonchev–Trinajstić information content (AvgIpc) is 2.95. The number of aryl methyl sites for hydroxylation is 3. The van der Waals surface area contributed by atoms with Crippen LogP contribution in [0.5, 0.6) is 0 Å². The molecular formula is C17H24O3. The quantitative estimate of drug-likeness (QED) is 0.623. The zero-order valence-electron chi connectivity index (χ0n) is 13.3. The van der Waals surface area contributed by atoms with Crippen LogP contribution in [0.25, 0.3) is 0 Å². The van der Waals surface area contributed by atoms with Crippen LogP contribution in [0.1, 0.15) is 49.4 Å². The second kappa shape index (κ2) is 4.88. The van der Waals surface area contributed by atoms with Crippen LogP contribution in [0.15, 0.2) is 12.1 Å². The highest BCUT2D eigenvalue weighted by molar-refractivity contribution is 5.85. The molecule has 0 saturated carbocycles. The maximum Gasteiger partial charge on any atom is 0.341 e. The molecule has 1 aromatic carbocycles. The number of rotatable bonds is 4. The topological polar surface area (TPSA) is 38.8 Å². The van der Waals surface area contributed by atoms with Gasteiger partial charge in [-0.2, -0.15) is 0 Å². The summed E-state index contributed by atoms with van der Waals surface area (Å²) < 4.78 is 11.2. The predicted molar refractivity (Wildman–Crippen MR) is 78.7 cm³/mol. The van der Waals surface area contributed by atoms with Crippen molar-refractivity contribution in [3.63, 3.8) is 0 Å². The van der Waals surface area contributed by atoms with E-state index in [2.05, 4.69) is 32.9 Å². The van der Waals surface area contributed by atoms with Crippen molar-refractivity contribution in [2.75, 3.05) is 6.61 Å². The minimum atomic E-state index is -0.826. The first kappa shape index (κ1) is 15.0. The van der Waals surface area contributed by atoms with E-state index >= 15 is 0 Å². The fraction of sp³-hybridized carbons (Fsp3) is 0.588. The predicted octanol–water partition coefficient (Wildman–Crippen LogP) is 3.57. The van der Waals surface area contributed by atoms with Gasteiger partial charge in [0.15, 0.2) is 5.60 Å². The lowest BCUT2D eigenvalue weighted by molar-refractivity contribution is -0.149. The minimum absolute atomic E-state index is 0.246. The molecule has 0 N–H and O–H groups in total. The van der Waals surface area contributed by atoms with Gasteiger partial charge in [-0.1, -0.05) is 24.6 Å². The zero-order chi connectivity index (χ0) is 15.1. The number of esters is 1. The maximum absolute atomic E-state index is 12.3. The number of carbonyl (C=O) groups excluding carboxylic acids is 1. The lowest BCUT2D eigenvalue weighted by atomic mass is 9.81. The Kier molecular flexibility index (Phi) is 3.67. The summed E-state index contributed by atoms with van der Waals surface area (Å²) in [6, 6.07) is 4.28. The molecule has 2 rings (SSSR count). The van der Waals surface area contributed by atoms with Crippen LogP contribution in [0.4, 0.5) is 0 Å². The van der Waals surface area contributed by atoms with Crippen molar-refractivity contribution in [3.8, 4) is 0 Å². The third-order valence-electron chi connectivity index (χ3n) is 4.36. The summed E-state index contributed by atoms with van der Waals surface area (Å²) in [5.74, 6) is -0.246. The van der Waals surface area contributed by atoms with E-state index in [-0.39, 0.29) is 5.97 Å². The number of hydrogen-bond acceptors (Lipinski definition) is 3. The normalized spacial score (nSPS) is 28.3. The molecule has 0 spiro atoms. The Morgan fingerprint density at radius 2 is 1.75 bits per heavy atom. The molecule has 0 aliphatic carbocycles. The first-order chi connectivity index (χ1) is 9.32. The smallest absolute Gasteiger partial charge is 0.341 e. The molecule has 2 unspecified atom stereocenters. The fourth-order valence-electron chi connectivity index (χ4n) is 3.55. The van der Waals surface area contributed by atoms with Gasteiger partial charge in [-0.15, -0.1) is 0 Å². The van der Waals surface area contributed by atoms with Crippen LogP contribution in [0.3, 0.4) is 0 Å². The summed E-state index contributed by atoms with van der Waals surface area (Å²) in [6.45, 7) is 12.4. The first-order valence-corrected chi connectivity index (χ1v) is 7.28. The van der Waals surface area contributed by atoms with Crippen molar-refractivity contribution in [1.82, 2.24) is 0 Å². The first-order valence-electron chi connectivity index (χ1n) is 7.28. The van der Waals surface area contributed by atoms with E-state index in [9.17, 15) is 4.79 Å². The van der Waals surface area contributed by atoms with Crippen LogP contribution >= 0.6 is 0 Å². The molecule has 0 aromatic heterocycles. The van der Waals surface area contributed by atoms with Crippen molar-refractivity contribution in [1.29, 1.82) is 0 Å². The van der Waals surface area contributed by atoms with Gasteiger partial charge in [0.05, 0.1) is 6.61 Å². The van der Waals surface area contributed by atoms with Crippen molar-refractivity contribution in [2.24, 2.45) is 0 Å². The Balaban J connectivity index is 2.47. The molecular weight excluding hydrogens is 252 g/mol. The molecule has 1 aromatic rings. The standard InChI is InChI=1S/C17H24O3/c1-7-17(15(18)19-8-2)16(6,20-17)14-12(4)9-11(3)10-13(14)5/h9-10H,7-8H2,1-6H3. The highest BCUT2D eigenvalue weighted by Gasteiger charge is 2.73. The number of epoxide rings is 1. The van der Waals surface area contributed by atoms with Gasteiger partial charge in [0.25, 0.3) is 0 Å². The van der Waals surface area contributed by atoms with Crippen LogP contribution in [0.2, 0.25) is 0 Å². The molecule has 3 nitrogen and oxygen atoms in total. The Morgan fingerprint density at radius 1 is 1.20 bits per heavy atom. The molecule has 20 heavy (non-hydrogen) atoms. The number of hydrogen-bond donors (Lipinski definition) is 0. The van der Waals surface area contributed by atoms with E-state index in [0.29, 0.717) is 13.0 Å². The van der Waals surface area contributed by atoms with Crippen LogP contribution in [-0.4, -0.2) is 18.2 Å². The second-order valence-corrected chi connectivity index (χ2v) is 5.81. The van der Waals surface area contributed by atoms with Gasteiger partial charge in [-0.3, -0.25) is 0 Å². The number of ether oxygens (including phenoxy) is 2.